The van der Waals surface area contributed by atoms with Crippen molar-refractivity contribution in [3.63, 3.8) is 0 Å². The second kappa shape index (κ2) is 7.20. The van der Waals surface area contributed by atoms with Crippen molar-refractivity contribution >= 4 is 11.8 Å². The third kappa shape index (κ3) is 4.03. The van der Waals surface area contributed by atoms with Gasteiger partial charge in [0.15, 0.2) is 0 Å². The number of hydrogen-bond donors (Lipinski definition) is 1. The van der Waals surface area contributed by atoms with E-state index in [9.17, 15) is 0 Å². The molecule has 0 aromatic heterocycles. The lowest BCUT2D eigenvalue weighted by Gasteiger charge is -2.27. The first-order chi connectivity index (χ1) is 8.85. The van der Waals surface area contributed by atoms with E-state index in [0.717, 1.165) is 6.54 Å². The second-order valence-electron chi connectivity index (χ2n) is 5.36. The van der Waals surface area contributed by atoms with Gasteiger partial charge < -0.3 is 5.32 Å². The summed E-state index contributed by atoms with van der Waals surface area (Å²) in [4.78, 5) is 0. The molecular weight excluding hydrogens is 238 g/mol. The highest BCUT2D eigenvalue weighted by Crippen LogP contribution is 2.39. The molecule has 1 saturated carbocycles. The van der Waals surface area contributed by atoms with Crippen molar-refractivity contribution in [2.45, 2.75) is 43.3 Å². The van der Waals surface area contributed by atoms with Gasteiger partial charge in [0.2, 0.25) is 0 Å². The summed E-state index contributed by atoms with van der Waals surface area (Å²) >= 11 is 2.07. The van der Waals surface area contributed by atoms with Crippen LogP contribution in [0.15, 0.2) is 30.3 Å². The van der Waals surface area contributed by atoms with E-state index in [2.05, 4.69) is 53.7 Å². The minimum absolute atomic E-state index is 0.548. The molecule has 0 saturated heterocycles. The molecule has 1 aromatic carbocycles. The first kappa shape index (κ1) is 14.0. The molecule has 1 aliphatic rings. The lowest BCUT2D eigenvalue weighted by atomic mass is 10.1. The Balaban J connectivity index is 1.61. The Morgan fingerprint density at radius 3 is 2.56 bits per heavy atom. The van der Waals surface area contributed by atoms with Crippen LogP contribution in [-0.2, 0) is 6.42 Å². The van der Waals surface area contributed by atoms with Crippen molar-refractivity contribution in [1.82, 2.24) is 5.32 Å². The van der Waals surface area contributed by atoms with Crippen molar-refractivity contribution in [1.29, 1.82) is 0 Å². The number of benzene rings is 1. The van der Waals surface area contributed by atoms with E-state index in [1.54, 1.807) is 0 Å². The predicted octanol–water partition coefficient (Wildman–Crippen LogP) is 3.88. The fourth-order valence-electron chi connectivity index (χ4n) is 2.85. The van der Waals surface area contributed by atoms with Crippen LogP contribution in [0, 0.1) is 0 Å². The Labute approximate surface area is 116 Å². The van der Waals surface area contributed by atoms with Crippen molar-refractivity contribution in [3.05, 3.63) is 35.9 Å². The van der Waals surface area contributed by atoms with Gasteiger partial charge in [-0.15, -0.1) is 0 Å². The van der Waals surface area contributed by atoms with Crippen LogP contribution in [0.4, 0.5) is 0 Å². The molecule has 0 amide bonds. The summed E-state index contributed by atoms with van der Waals surface area (Å²) in [6.45, 7) is 2.35. The molecule has 0 heterocycles. The monoisotopic (exact) mass is 263 g/mol. The van der Waals surface area contributed by atoms with Crippen molar-refractivity contribution in [2.24, 2.45) is 0 Å². The average Bonchev–Trinajstić information content (AvgIpc) is 2.89. The predicted molar refractivity (Wildman–Crippen MR) is 82.3 cm³/mol. The van der Waals surface area contributed by atoms with Crippen LogP contribution in [0.5, 0.6) is 0 Å². The van der Waals surface area contributed by atoms with Crippen molar-refractivity contribution < 1.29 is 0 Å². The number of hydrogen-bond acceptors (Lipinski definition) is 2. The van der Waals surface area contributed by atoms with Crippen LogP contribution in [0.2, 0.25) is 0 Å². The van der Waals surface area contributed by atoms with Gasteiger partial charge >= 0.3 is 0 Å². The van der Waals surface area contributed by atoms with Crippen LogP contribution in [0.3, 0.4) is 0 Å². The first-order valence-corrected chi connectivity index (χ1v) is 8.37. The summed E-state index contributed by atoms with van der Waals surface area (Å²) < 4.78 is 0.548. The van der Waals surface area contributed by atoms with E-state index in [1.807, 2.05) is 0 Å². The molecule has 1 fully saturated rings. The van der Waals surface area contributed by atoms with Crippen LogP contribution in [0.25, 0.3) is 0 Å². The topological polar surface area (TPSA) is 12.0 Å². The van der Waals surface area contributed by atoms with Crippen molar-refractivity contribution in [2.75, 3.05) is 19.3 Å². The van der Waals surface area contributed by atoms with Crippen molar-refractivity contribution in [3.8, 4) is 0 Å². The fraction of sp³-hybridized carbons (Fsp3) is 0.625. The maximum Gasteiger partial charge on any atom is 0.0281 e. The molecule has 0 bridgehead atoms. The standard InChI is InChI=1S/C16H25NS/c1-18-16(11-5-6-12-16)14-17-13-7-10-15-8-3-2-4-9-15/h2-4,8-9,17H,5-7,10-14H2,1H3. The molecular formula is C16H25NS. The number of rotatable bonds is 7. The lowest BCUT2D eigenvalue weighted by molar-refractivity contribution is 0.527. The summed E-state index contributed by atoms with van der Waals surface area (Å²) in [7, 11) is 0. The van der Waals surface area contributed by atoms with E-state index >= 15 is 0 Å². The third-order valence-electron chi connectivity index (χ3n) is 4.06. The maximum atomic E-state index is 3.67. The molecule has 0 radical (unpaired) electrons. The summed E-state index contributed by atoms with van der Waals surface area (Å²) in [5, 5.41) is 3.67. The van der Waals surface area contributed by atoms with Gasteiger partial charge in [0.25, 0.3) is 0 Å². The fourth-order valence-corrected chi connectivity index (χ4v) is 3.79. The Morgan fingerprint density at radius 2 is 1.89 bits per heavy atom. The zero-order chi connectivity index (χ0) is 12.7. The second-order valence-corrected chi connectivity index (χ2v) is 6.63. The number of thioether (sulfide) groups is 1. The Kier molecular flexibility index (Phi) is 5.58. The number of nitrogens with one attached hydrogen (secondary N) is 1. The van der Waals surface area contributed by atoms with Gasteiger partial charge in [0.05, 0.1) is 0 Å². The first-order valence-electron chi connectivity index (χ1n) is 7.14. The molecule has 100 valence electrons. The molecule has 1 nitrogen and oxygen atoms in total. The highest BCUT2D eigenvalue weighted by Gasteiger charge is 2.32. The zero-order valence-electron chi connectivity index (χ0n) is 11.5. The van der Waals surface area contributed by atoms with Gasteiger partial charge in [-0.2, -0.15) is 11.8 Å². The van der Waals surface area contributed by atoms with Gasteiger partial charge in [0, 0.05) is 11.3 Å². The lowest BCUT2D eigenvalue weighted by Crippen LogP contribution is -2.35. The molecule has 0 unspecified atom stereocenters. The largest absolute Gasteiger partial charge is 0.315 e. The van der Waals surface area contributed by atoms with Crippen LogP contribution >= 0.6 is 11.8 Å². The van der Waals surface area contributed by atoms with Gasteiger partial charge in [-0.25, -0.2) is 0 Å². The quantitative estimate of drug-likeness (QED) is 0.749. The molecule has 0 spiro atoms. The minimum atomic E-state index is 0.548. The SMILES string of the molecule is CSC1(CNCCCc2ccccc2)CCCC1. The zero-order valence-corrected chi connectivity index (χ0v) is 12.3. The molecule has 1 aromatic rings. The minimum Gasteiger partial charge on any atom is -0.315 e. The smallest absolute Gasteiger partial charge is 0.0281 e. The van der Waals surface area contributed by atoms with Gasteiger partial charge in [0.1, 0.15) is 0 Å². The molecule has 2 rings (SSSR count). The van der Waals surface area contributed by atoms with Gasteiger partial charge in [-0.1, -0.05) is 43.2 Å². The van der Waals surface area contributed by atoms with E-state index < -0.39 is 0 Å². The molecule has 2 heteroatoms. The summed E-state index contributed by atoms with van der Waals surface area (Å²) in [6, 6.07) is 10.8. The van der Waals surface area contributed by atoms with E-state index in [4.69, 9.17) is 0 Å². The van der Waals surface area contributed by atoms with Gasteiger partial charge in [-0.05, 0) is 44.0 Å². The highest BCUT2D eigenvalue weighted by atomic mass is 32.2. The van der Waals surface area contributed by atoms with Crippen LogP contribution in [-0.4, -0.2) is 24.1 Å². The Hall–Kier alpha value is -0.470. The van der Waals surface area contributed by atoms with E-state index in [0.29, 0.717) is 4.75 Å². The molecule has 0 aliphatic heterocycles. The Morgan fingerprint density at radius 1 is 1.17 bits per heavy atom. The van der Waals surface area contributed by atoms with Crippen LogP contribution < -0.4 is 5.32 Å². The summed E-state index contributed by atoms with van der Waals surface area (Å²) in [6.07, 6.45) is 10.4. The van der Waals surface area contributed by atoms with Gasteiger partial charge in [-0.3, -0.25) is 0 Å². The molecule has 1 aliphatic carbocycles. The van der Waals surface area contributed by atoms with Crippen LogP contribution in [0.1, 0.15) is 37.7 Å². The molecule has 18 heavy (non-hydrogen) atoms. The summed E-state index contributed by atoms with van der Waals surface area (Å²) in [5.41, 5.74) is 1.46. The molecule has 0 atom stereocenters. The van der Waals surface area contributed by atoms with E-state index in [1.165, 1.54) is 50.6 Å². The molecule has 1 N–H and O–H groups in total. The maximum absolute atomic E-state index is 3.67. The summed E-state index contributed by atoms with van der Waals surface area (Å²) in [5.74, 6) is 0. The average molecular weight is 263 g/mol. The normalized spacial score (nSPS) is 18.1. The van der Waals surface area contributed by atoms with E-state index in [-0.39, 0.29) is 0 Å². The Bertz CT molecular complexity index is 330. The third-order valence-corrected chi connectivity index (χ3v) is 5.48. The number of aryl methyl sites for hydroxylation is 1. The highest BCUT2D eigenvalue weighted by molar-refractivity contribution is 8.00.